The van der Waals surface area contributed by atoms with Crippen molar-refractivity contribution < 1.29 is 9.59 Å². The Morgan fingerprint density at radius 3 is 2.05 bits per heavy atom. The Hall–Kier alpha value is -2.38. The van der Waals surface area contributed by atoms with Gasteiger partial charge in [-0.15, -0.1) is 0 Å². The maximum absolute atomic E-state index is 13.8. The third kappa shape index (κ3) is 4.81. The first kappa shape index (κ1) is 27.6. The molecule has 2 aromatic rings. The van der Waals surface area contributed by atoms with Crippen LogP contribution in [0.4, 0.5) is 9.59 Å². The second-order valence-corrected chi connectivity index (χ2v) is 23.8. The van der Waals surface area contributed by atoms with Crippen LogP contribution < -0.4 is 10.5 Å². The molecule has 0 spiro atoms. The van der Waals surface area contributed by atoms with Gasteiger partial charge >= 0.3 is 0 Å². The number of carbonyl (C=O) groups excluding carboxylic acids is 2. The van der Waals surface area contributed by atoms with E-state index in [1.807, 2.05) is 0 Å². The molecule has 1 saturated heterocycles. The van der Waals surface area contributed by atoms with E-state index in [1.54, 1.807) is 0 Å². The van der Waals surface area contributed by atoms with Crippen LogP contribution in [0.25, 0.3) is 17.2 Å². The first-order valence-electron chi connectivity index (χ1n) is 13.4. The van der Waals surface area contributed by atoms with Gasteiger partial charge in [-0.05, 0) is 56.7 Å². The topological polar surface area (TPSA) is 58.2 Å². The summed E-state index contributed by atoms with van der Waals surface area (Å²) in [6.07, 6.45) is 2.21. The van der Waals surface area contributed by atoms with E-state index in [1.165, 1.54) is 33.4 Å². The fourth-order valence-corrected chi connectivity index (χ4v) is 16.2. The summed E-state index contributed by atoms with van der Waals surface area (Å²) in [7, 11) is -4.53. The van der Waals surface area contributed by atoms with Crippen molar-refractivity contribution in [2.45, 2.75) is 91.5 Å². The van der Waals surface area contributed by atoms with Crippen molar-refractivity contribution in [1.82, 2.24) is 10.5 Å². The molecule has 0 aromatic heterocycles. The molecular weight excluding hydrogens is 487 g/mol. The van der Waals surface area contributed by atoms with Gasteiger partial charge in [-0.1, -0.05) is 110 Å². The molecule has 0 bridgehead atoms. The summed E-state index contributed by atoms with van der Waals surface area (Å²) in [5.41, 5.74) is 8.85. The molecule has 1 atom stereocenters. The second-order valence-electron chi connectivity index (χ2n) is 14.3. The van der Waals surface area contributed by atoms with Gasteiger partial charge in [0, 0.05) is 0 Å². The van der Waals surface area contributed by atoms with Crippen LogP contribution in [-0.2, 0) is 10.8 Å². The number of carbonyl (C=O) groups is 2. The van der Waals surface area contributed by atoms with Crippen LogP contribution in [-0.4, -0.2) is 33.0 Å². The van der Waals surface area contributed by atoms with Crippen LogP contribution in [0.3, 0.4) is 0 Å². The highest BCUT2D eigenvalue weighted by Gasteiger charge is 2.63. The number of rotatable bonds is 4. The average molecular weight is 531 g/mol. The standard InChI is InChI=1S/C30H43BN2O2Si2/c1-19-15-20-13-12-14-24(21-16-22(29(2,3)4)18-23(17-21)30(5,6)7)25(20)26(19)32-27(34)36(8,9)31-33-28(35)37(31,10)11/h12-18,26H,1-11H3,(H,32,34)(H,33,35). The van der Waals surface area contributed by atoms with Gasteiger partial charge in [0.05, 0.1) is 6.04 Å². The molecule has 1 heterocycles. The molecule has 2 aromatic carbocycles. The predicted octanol–water partition coefficient (Wildman–Crippen LogP) is 7.57. The molecule has 4 nitrogen and oxygen atoms in total. The number of hydrogen-bond donors (Lipinski definition) is 2. The Kier molecular flexibility index (Phi) is 6.60. The van der Waals surface area contributed by atoms with Crippen molar-refractivity contribution in [3.8, 4) is 11.1 Å². The zero-order chi connectivity index (χ0) is 27.7. The van der Waals surface area contributed by atoms with Crippen molar-refractivity contribution in [2.75, 3.05) is 0 Å². The lowest BCUT2D eigenvalue weighted by molar-refractivity contribution is 0.256. The van der Waals surface area contributed by atoms with Gasteiger partial charge in [0.15, 0.2) is 11.1 Å². The van der Waals surface area contributed by atoms with E-state index in [4.69, 9.17) is 0 Å². The number of fused-ring (bicyclic) bond motifs is 1. The minimum absolute atomic E-state index is 0.0231. The number of benzene rings is 2. The van der Waals surface area contributed by atoms with Crippen molar-refractivity contribution in [2.24, 2.45) is 0 Å². The highest BCUT2D eigenvalue weighted by atomic mass is 28.4. The normalized spacial score (nSPS) is 19.1. The molecule has 1 unspecified atom stereocenters. The molecule has 37 heavy (non-hydrogen) atoms. The van der Waals surface area contributed by atoms with Gasteiger partial charge in [-0.3, -0.25) is 9.59 Å². The molecular formula is C30H43BN2O2Si2. The van der Waals surface area contributed by atoms with E-state index < -0.39 is 15.9 Å². The first-order chi connectivity index (χ1) is 16.8. The zero-order valence-corrected chi connectivity index (χ0v) is 26.5. The van der Waals surface area contributed by atoms with Crippen LogP contribution in [0, 0.1) is 0 Å². The van der Waals surface area contributed by atoms with Crippen LogP contribution in [0.5, 0.6) is 0 Å². The van der Waals surface area contributed by atoms with E-state index in [2.05, 4.69) is 128 Å². The summed E-state index contributed by atoms with van der Waals surface area (Å²) < 4.78 is 0. The predicted molar refractivity (Wildman–Crippen MR) is 163 cm³/mol. The molecule has 4 rings (SSSR count). The lowest BCUT2D eigenvalue weighted by Gasteiger charge is -2.46. The summed E-state index contributed by atoms with van der Waals surface area (Å²) in [6.45, 7) is 24.1. The smallest absolute Gasteiger partial charge is 0.254 e. The minimum Gasteiger partial charge on any atom is -0.408 e. The van der Waals surface area contributed by atoms with E-state index in [0.29, 0.717) is 0 Å². The molecule has 1 aliphatic heterocycles. The van der Waals surface area contributed by atoms with E-state index in [0.717, 1.165) is 5.57 Å². The van der Waals surface area contributed by atoms with Gasteiger partial charge in [0.2, 0.25) is 0 Å². The quantitative estimate of drug-likeness (QED) is 0.401. The third-order valence-electron chi connectivity index (χ3n) is 8.41. The summed E-state index contributed by atoms with van der Waals surface area (Å²) in [4.78, 5) is 26.0. The summed E-state index contributed by atoms with van der Waals surface area (Å²) >= 11 is 0. The molecule has 0 saturated carbocycles. The Morgan fingerprint density at radius 2 is 1.57 bits per heavy atom. The summed E-state index contributed by atoms with van der Waals surface area (Å²) in [5.74, 6) is 0. The van der Waals surface area contributed by atoms with Crippen molar-refractivity contribution in [3.63, 3.8) is 0 Å². The largest absolute Gasteiger partial charge is 0.408 e. The lowest BCUT2D eigenvalue weighted by Crippen LogP contribution is -2.87. The number of nitrogens with one attached hydrogen (secondary N) is 2. The zero-order valence-electron chi connectivity index (χ0n) is 24.5. The van der Waals surface area contributed by atoms with Gasteiger partial charge in [0.1, 0.15) is 15.9 Å². The Bertz CT molecular complexity index is 1280. The van der Waals surface area contributed by atoms with Gasteiger partial charge in [-0.25, -0.2) is 0 Å². The number of amides is 2. The van der Waals surface area contributed by atoms with Gasteiger partial charge < -0.3 is 10.5 Å². The summed E-state index contributed by atoms with van der Waals surface area (Å²) in [5, 5.41) is 6.55. The lowest BCUT2D eigenvalue weighted by atomic mass is 9.78. The van der Waals surface area contributed by atoms with E-state index in [-0.39, 0.29) is 34.0 Å². The fraction of sp³-hybridized carbons (Fsp3) is 0.467. The van der Waals surface area contributed by atoms with E-state index in [9.17, 15) is 9.59 Å². The minimum atomic E-state index is -2.43. The maximum Gasteiger partial charge on any atom is 0.254 e. The maximum atomic E-state index is 13.8. The monoisotopic (exact) mass is 530 g/mol. The average Bonchev–Trinajstić information content (AvgIpc) is 3.10. The van der Waals surface area contributed by atoms with Gasteiger partial charge in [-0.2, -0.15) is 0 Å². The first-order valence-corrected chi connectivity index (χ1v) is 19.6. The Balaban J connectivity index is 1.77. The van der Waals surface area contributed by atoms with Crippen molar-refractivity contribution >= 4 is 39.1 Å². The second kappa shape index (κ2) is 8.84. The molecule has 2 aliphatic rings. The fourth-order valence-electron chi connectivity index (χ4n) is 5.76. The Labute approximate surface area is 225 Å². The van der Waals surface area contributed by atoms with Crippen LogP contribution in [0.15, 0.2) is 42.0 Å². The number of hydrogen-bond acceptors (Lipinski definition) is 2. The van der Waals surface area contributed by atoms with Crippen molar-refractivity contribution in [1.29, 1.82) is 0 Å². The van der Waals surface area contributed by atoms with Crippen LogP contribution in [0.2, 0.25) is 26.2 Å². The Morgan fingerprint density at radius 1 is 1.00 bits per heavy atom. The highest BCUT2D eigenvalue weighted by molar-refractivity contribution is 7.75. The SMILES string of the molecule is CC1=Cc2cccc(-c3cc(C(C)(C)C)cc(C(C)(C)C)c3)c2C1NC(=O)[Si](C)(C)B1NC(=O)[Si]1(C)C. The third-order valence-corrected chi connectivity index (χ3v) is 18.5. The molecule has 2 N–H and O–H groups in total. The molecule has 0 radical (unpaired) electrons. The van der Waals surface area contributed by atoms with E-state index >= 15 is 0 Å². The molecule has 1 fully saturated rings. The summed E-state index contributed by atoms with van der Waals surface area (Å²) in [6, 6.07) is 13.4. The van der Waals surface area contributed by atoms with Crippen LogP contribution in [0.1, 0.15) is 76.8 Å². The molecule has 7 heteroatoms. The molecule has 196 valence electrons. The molecule has 2 amide bonds. The molecule has 1 aliphatic carbocycles. The van der Waals surface area contributed by atoms with Gasteiger partial charge in [0.25, 0.3) is 6.03 Å². The van der Waals surface area contributed by atoms with Crippen LogP contribution >= 0.6 is 0 Å². The van der Waals surface area contributed by atoms with Crippen molar-refractivity contribution in [3.05, 3.63) is 64.2 Å². The highest BCUT2D eigenvalue weighted by Crippen LogP contribution is 2.43.